The van der Waals surface area contributed by atoms with Crippen LogP contribution in [0.1, 0.15) is 0 Å². The molecule has 0 radical (unpaired) electrons. The lowest BCUT2D eigenvalue weighted by Crippen LogP contribution is -2.33. The van der Waals surface area contributed by atoms with Crippen LogP contribution in [0.5, 0.6) is 0 Å². The predicted molar refractivity (Wildman–Crippen MR) is 19.4 cm³/mol. The molecule has 4 N–H and O–H groups in total. The van der Waals surface area contributed by atoms with Gasteiger partial charge in [-0.3, -0.25) is 9.76 Å². The van der Waals surface area contributed by atoms with Gasteiger partial charge in [0.2, 0.25) is 0 Å². The monoisotopic (exact) mass is 128 g/mol. The number of hydrogen-bond donors (Lipinski definition) is 3. The van der Waals surface area contributed by atoms with Crippen LogP contribution >= 0.6 is 0 Å². The molecule has 0 saturated carbocycles. The Morgan fingerprint density at radius 2 is 1.71 bits per heavy atom. The smallest absolute Gasteiger partial charge is 0.284 e. The zero-order valence-electron chi connectivity index (χ0n) is 3.14. The largest absolute Gasteiger partial charge is 0.372 e. The second-order valence-electron chi connectivity index (χ2n) is 0.750. The molecule has 0 unspecified atom stereocenters. The molecule has 0 bridgehead atoms. The van der Waals surface area contributed by atoms with Crippen LogP contribution in [0, 0.1) is 0 Å². The van der Waals surface area contributed by atoms with Crippen LogP contribution in [-0.2, 0) is 10.3 Å². The van der Waals surface area contributed by atoms with Crippen molar-refractivity contribution in [1.82, 2.24) is 4.58 Å². The van der Waals surface area contributed by atoms with E-state index in [1.165, 1.54) is 0 Å². The molecule has 0 aromatic rings. The third kappa shape index (κ3) is 2.48. The van der Waals surface area contributed by atoms with Crippen molar-refractivity contribution in [1.29, 1.82) is 0 Å². The van der Waals surface area contributed by atoms with E-state index in [0.29, 0.717) is 0 Å². The molecular weight excluding hydrogens is 124 g/mol. The van der Waals surface area contributed by atoms with E-state index in [1.807, 2.05) is 0 Å². The van der Waals surface area contributed by atoms with E-state index in [-0.39, 0.29) is 0 Å². The Balaban J connectivity index is 4.10. The molecule has 6 nitrogen and oxygen atoms in total. The summed E-state index contributed by atoms with van der Waals surface area (Å²) in [4.78, 5) is 0. The van der Waals surface area contributed by atoms with Gasteiger partial charge in [0, 0.05) is 4.58 Å². The van der Waals surface area contributed by atoms with Crippen LogP contribution in [0.2, 0.25) is 0 Å². The van der Waals surface area contributed by atoms with Crippen LogP contribution in [0.15, 0.2) is 0 Å². The number of nitrogens with two attached hydrogens (primary N) is 1. The van der Waals surface area contributed by atoms with Crippen LogP contribution in [0.3, 0.4) is 0 Å². The average molecular weight is 128 g/mol. The normalized spacial score (nSPS) is 12.6. The highest BCUT2D eigenvalue weighted by Gasteiger charge is 2.08. The highest BCUT2D eigenvalue weighted by atomic mass is 32.2. The summed E-state index contributed by atoms with van der Waals surface area (Å²) in [5, 5.41) is 7.66. The van der Waals surface area contributed by atoms with Gasteiger partial charge in [-0.25, -0.2) is 5.84 Å². The Hall–Kier alpha value is -0.210. The van der Waals surface area contributed by atoms with Crippen LogP contribution in [0.25, 0.3) is 0 Å². The molecule has 0 spiro atoms. The summed E-state index contributed by atoms with van der Waals surface area (Å²) >= 11 is 0. The fourth-order valence-electron chi connectivity index (χ4n) is 0. The van der Waals surface area contributed by atoms with E-state index in [9.17, 15) is 8.42 Å². The highest BCUT2D eigenvalue weighted by Crippen LogP contribution is 1.77. The zero-order valence-corrected chi connectivity index (χ0v) is 3.96. The minimum atomic E-state index is -4.57. The van der Waals surface area contributed by atoms with Crippen molar-refractivity contribution in [3.8, 4) is 0 Å². The highest BCUT2D eigenvalue weighted by molar-refractivity contribution is 7.83. The van der Waals surface area contributed by atoms with Gasteiger partial charge in [0.25, 0.3) is 0 Å². The van der Waals surface area contributed by atoms with Gasteiger partial charge in [0.15, 0.2) is 0 Å². The first-order valence-electron chi connectivity index (χ1n) is 1.16. The molecule has 0 rings (SSSR count). The van der Waals surface area contributed by atoms with E-state index in [1.54, 1.807) is 0 Å². The fraction of sp³-hybridized carbons (Fsp3) is 0. The lowest BCUT2D eigenvalue weighted by molar-refractivity contribution is -0.00755. The van der Waals surface area contributed by atoms with Crippen molar-refractivity contribution in [3.05, 3.63) is 0 Å². The third-order valence-electron chi connectivity index (χ3n) is 0.236. The SMILES string of the molecule is NN(O)S(=O)(=O)O. The van der Waals surface area contributed by atoms with Crippen molar-refractivity contribution in [3.63, 3.8) is 0 Å². The van der Waals surface area contributed by atoms with E-state index < -0.39 is 14.9 Å². The summed E-state index contributed by atoms with van der Waals surface area (Å²) in [5.74, 6) is 4.12. The molecular formula is H4N2O4S. The van der Waals surface area contributed by atoms with Gasteiger partial charge in [-0.05, 0) is 0 Å². The summed E-state index contributed by atoms with van der Waals surface area (Å²) in [7, 11) is -4.57. The second-order valence-corrected chi connectivity index (χ2v) is 2.02. The van der Waals surface area contributed by atoms with E-state index >= 15 is 0 Å². The fourth-order valence-corrected chi connectivity index (χ4v) is 0. The Labute approximate surface area is 40.0 Å². The van der Waals surface area contributed by atoms with E-state index in [4.69, 9.17) is 9.76 Å². The third-order valence-corrected chi connectivity index (χ3v) is 0.709. The van der Waals surface area contributed by atoms with Crippen LogP contribution in [-0.4, -0.2) is 22.8 Å². The topological polar surface area (TPSA) is 104 Å². The molecule has 7 heavy (non-hydrogen) atoms. The number of nitrogens with zero attached hydrogens (tertiary/aromatic N) is 1. The van der Waals surface area contributed by atoms with Gasteiger partial charge in [-0.2, -0.15) is 8.42 Å². The van der Waals surface area contributed by atoms with Crippen molar-refractivity contribution < 1.29 is 18.2 Å². The van der Waals surface area contributed by atoms with Crippen molar-refractivity contribution >= 4 is 10.3 Å². The standard InChI is InChI=1S/H4N2O4S/c1-2(3)7(4,5)6/h3H,1H2,(H,4,5,6). The van der Waals surface area contributed by atoms with Gasteiger partial charge in [0.05, 0.1) is 0 Å². The number of hydrazine groups is 1. The molecule has 0 aromatic heterocycles. The molecule has 44 valence electrons. The van der Waals surface area contributed by atoms with E-state index in [0.717, 1.165) is 0 Å². The van der Waals surface area contributed by atoms with Crippen molar-refractivity contribution in [2.24, 2.45) is 5.84 Å². The quantitative estimate of drug-likeness (QED) is 0.223. The first kappa shape index (κ1) is 6.79. The summed E-state index contributed by atoms with van der Waals surface area (Å²) in [6.07, 6.45) is 0. The Kier molecular flexibility index (Phi) is 1.67. The molecule has 0 fully saturated rings. The van der Waals surface area contributed by atoms with Crippen LogP contribution in [0.4, 0.5) is 0 Å². The van der Waals surface area contributed by atoms with E-state index in [2.05, 4.69) is 5.84 Å². The Morgan fingerprint density at radius 3 is 1.71 bits per heavy atom. The van der Waals surface area contributed by atoms with Crippen molar-refractivity contribution in [2.45, 2.75) is 0 Å². The minimum Gasteiger partial charge on any atom is -0.284 e. The molecule has 7 heteroatoms. The first-order valence-corrected chi connectivity index (χ1v) is 2.55. The van der Waals surface area contributed by atoms with Crippen molar-refractivity contribution in [2.75, 3.05) is 0 Å². The molecule has 0 aliphatic carbocycles. The predicted octanol–water partition coefficient (Wildman–Crippen LogP) is -1.65. The first-order chi connectivity index (χ1) is 2.94. The lowest BCUT2D eigenvalue weighted by Gasteiger charge is -1.98. The maximum atomic E-state index is 9.44. The molecule has 0 saturated heterocycles. The van der Waals surface area contributed by atoms with Gasteiger partial charge >= 0.3 is 10.3 Å². The maximum Gasteiger partial charge on any atom is 0.372 e. The summed E-state index contributed by atoms with van der Waals surface area (Å²) in [6.45, 7) is 0. The molecule has 0 heterocycles. The number of rotatable bonds is 1. The average Bonchev–Trinajstić information content (AvgIpc) is 1.31. The second kappa shape index (κ2) is 1.72. The lowest BCUT2D eigenvalue weighted by atomic mass is 12.8. The summed E-state index contributed by atoms with van der Waals surface area (Å²) in [6, 6.07) is 0. The maximum absolute atomic E-state index is 9.44. The molecule has 0 aliphatic heterocycles. The Morgan fingerprint density at radius 1 is 1.57 bits per heavy atom. The Bertz CT molecular complexity index is 132. The molecule has 0 aromatic carbocycles. The molecule has 0 atom stereocenters. The number of hydrogen-bond acceptors (Lipinski definition) is 4. The molecule has 0 amide bonds. The van der Waals surface area contributed by atoms with Gasteiger partial charge in [-0.1, -0.05) is 0 Å². The van der Waals surface area contributed by atoms with Gasteiger partial charge < -0.3 is 0 Å². The minimum absolute atomic E-state index is 0.785. The van der Waals surface area contributed by atoms with Gasteiger partial charge in [-0.15, -0.1) is 0 Å². The molecule has 0 aliphatic rings. The summed E-state index contributed by atoms with van der Waals surface area (Å²) in [5.41, 5.74) is 0. The van der Waals surface area contributed by atoms with Crippen LogP contribution < -0.4 is 5.84 Å². The summed E-state index contributed by atoms with van der Waals surface area (Å²) < 4.78 is 25.7. The zero-order chi connectivity index (χ0) is 6.08. The van der Waals surface area contributed by atoms with Gasteiger partial charge in [0.1, 0.15) is 0 Å².